The van der Waals surface area contributed by atoms with E-state index in [1.807, 2.05) is 13.1 Å². The SMILES string of the molecule is Cc1cc(C2CCC(=O)CC2)ccn1. The zero-order valence-electron chi connectivity index (χ0n) is 8.49. The first-order valence-electron chi connectivity index (χ1n) is 5.20. The molecule has 0 aromatic carbocycles. The number of nitrogens with zero attached hydrogens (tertiary/aromatic N) is 1. The van der Waals surface area contributed by atoms with Gasteiger partial charge in [-0.1, -0.05) is 0 Å². The van der Waals surface area contributed by atoms with Crippen LogP contribution < -0.4 is 0 Å². The number of aromatic nitrogens is 1. The van der Waals surface area contributed by atoms with E-state index in [0.29, 0.717) is 11.7 Å². The van der Waals surface area contributed by atoms with Crippen LogP contribution >= 0.6 is 0 Å². The first-order chi connectivity index (χ1) is 6.75. The van der Waals surface area contributed by atoms with E-state index in [9.17, 15) is 4.79 Å². The minimum Gasteiger partial charge on any atom is -0.300 e. The number of Topliss-reactive ketones (excluding diaryl/α,β-unsaturated/α-hetero) is 1. The largest absolute Gasteiger partial charge is 0.300 e. The summed E-state index contributed by atoms with van der Waals surface area (Å²) in [5, 5.41) is 0. The summed E-state index contributed by atoms with van der Waals surface area (Å²) in [6, 6.07) is 4.22. The van der Waals surface area contributed by atoms with Crippen LogP contribution in [0.3, 0.4) is 0 Å². The second kappa shape index (κ2) is 3.91. The lowest BCUT2D eigenvalue weighted by Crippen LogP contribution is -2.12. The zero-order chi connectivity index (χ0) is 9.97. The second-order valence-electron chi connectivity index (χ2n) is 4.04. The molecular formula is C12H15NO. The fourth-order valence-electron chi connectivity index (χ4n) is 2.09. The molecule has 0 aliphatic heterocycles. The summed E-state index contributed by atoms with van der Waals surface area (Å²) in [7, 11) is 0. The Kier molecular flexibility index (Phi) is 2.62. The number of carbonyl (C=O) groups excluding carboxylic acids is 1. The normalized spacial score (nSPS) is 18.5. The molecule has 0 amide bonds. The molecule has 1 aliphatic carbocycles. The number of ketones is 1. The second-order valence-corrected chi connectivity index (χ2v) is 4.04. The molecule has 0 saturated heterocycles. The lowest BCUT2D eigenvalue weighted by atomic mass is 9.84. The quantitative estimate of drug-likeness (QED) is 0.679. The predicted octanol–water partition coefficient (Wildman–Crippen LogP) is 2.62. The summed E-state index contributed by atoms with van der Waals surface area (Å²) in [5.41, 5.74) is 2.42. The zero-order valence-corrected chi connectivity index (χ0v) is 8.49. The monoisotopic (exact) mass is 189 g/mol. The standard InChI is InChI=1S/C12H15NO/c1-9-8-11(6-7-13-9)10-2-4-12(14)5-3-10/h6-8,10H,2-5H2,1H3. The molecule has 0 atom stereocenters. The third kappa shape index (κ3) is 2.00. The first kappa shape index (κ1) is 9.38. The third-order valence-corrected chi connectivity index (χ3v) is 2.94. The average Bonchev–Trinajstić information content (AvgIpc) is 2.19. The molecule has 1 saturated carbocycles. The Morgan fingerprint density at radius 2 is 2.07 bits per heavy atom. The summed E-state index contributed by atoms with van der Waals surface area (Å²) < 4.78 is 0. The van der Waals surface area contributed by atoms with Crippen LogP contribution in [0.1, 0.15) is 42.9 Å². The molecular weight excluding hydrogens is 174 g/mol. The van der Waals surface area contributed by atoms with Crippen LogP contribution in [0.25, 0.3) is 0 Å². The van der Waals surface area contributed by atoms with Gasteiger partial charge in [0.15, 0.2) is 0 Å². The van der Waals surface area contributed by atoms with Gasteiger partial charge in [0.25, 0.3) is 0 Å². The Bertz CT molecular complexity index is 336. The van der Waals surface area contributed by atoms with E-state index in [2.05, 4.69) is 17.1 Å². The van der Waals surface area contributed by atoms with Gasteiger partial charge in [0.05, 0.1) is 0 Å². The Labute approximate surface area is 84.4 Å². The lowest BCUT2D eigenvalue weighted by molar-refractivity contribution is -0.120. The molecule has 2 heteroatoms. The minimum absolute atomic E-state index is 0.423. The van der Waals surface area contributed by atoms with E-state index in [1.54, 1.807) is 0 Å². The summed E-state index contributed by atoms with van der Waals surface area (Å²) >= 11 is 0. The van der Waals surface area contributed by atoms with Gasteiger partial charge in [0.1, 0.15) is 5.78 Å². The van der Waals surface area contributed by atoms with Gasteiger partial charge in [-0.05, 0) is 43.4 Å². The van der Waals surface area contributed by atoms with Crippen molar-refractivity contribution in [3.8, 4) is 0 Å². The van der Waals surface area contributed by atoms with Gasteiger partial charge in [-0.3, -0.25) is 9.78 Å². The van der Waals surface area contributed by atoms with Crippen molar-refractivity contribution in [1.82, 2.24) is 4.98 Å². The Morgan fingerprint density at radius 1 is 1.36 bits per heavy atom. The average molecular weight is 189 g/mol. The number of rotatable bonds is 1. The van der Waals surface area contributed by atoms with Crippen LogP contribution in [0.2, 0.25) is 0 Å². The van der Waals surface area contributed by atoms with Crippen molar-refractivity contribution in [2.45, 2.75) is 38.5 Å². The topological polar surface area (TPSA) is 30.0 Å². The number of carbonyl (C=O) groups is 1. The summed E-state index contributed by atoms with van der Waals surface area (Å²) in [6.07, 6.45) is 5.41. The highest BCUT2D eigenvalue weighted by Crippen LogP contribution is 2.30. The van der Waals surface area contributed by atoms with Crippen molar-refractivity contribution in [1.29, 1.82) is 0 Å². The van der Waals surface area contributed by atoms with Gasteiger partial charge in [-0.25, -0.2) is 0 Å². The molecule has 74 valence electrons. The van der Waals surface area contributed by atoms with Crippen LogP contribution in [0, 0.1) is 6.92 Å². The molecule has 1 aromatic rings. The van der Waals surface area contributed by atoms with E-state index in [-0.39, 0.29) is 0 Å². The maximum atomic E-state index is 11.1. The molecule has 0 unspecified atom stereocenters. The van der Waals surface area contributed by atoms with Crippen molar-refractivity contribution in [3.05, 3.63) is 29.6 Å². The highest BCUT2D eigenvalue weighted by atomic mass is 16.1. The Morgan fingerprint density at radius 3 is 2.71 bits per heavy atom. The minimum atomic E-state index is 0.423. The van der Waals surface area contributed by atoms with Crippen molar-refractivity contribution in [2.75, 3.05) is 0 Å². The van der Waals surface area contributed by atoms with Gasteiger partial charge in [0.2, 0.25) is 0 Å². The van der Waals surface area contributed by atoms with E-state index in [4.69, 9.17) is 0 Å². The highest BCUT2D eigenvalue weighted by molar-refractivity contribution is 5.79. The molecule has 2 nitrogen and oxygen atoms in total. The molecule has 14 heavy (non-hydrogen) atoms. The van der Waals surface area contributed by atoms with Gasteiger partial charge in [0, 0.05) is 24.7 Å². The maximum Gasteiger partial charge on any atom is 0.132 e. The van der Waals surface area contributed by atoms with Crippen molar-refractivity contribution in [3.63, 3.8) is 0 Å². The van der Waals surface area contributed by atoms with Gasteiger partial charge in [-0.2, -0.15) is 0 Å². The molecule has 2 rings (SSSR count). The highest BCUT2D eigenvalue weighted by Gasteiger charge is 2.19. The van der Waals surface area contributed by atoms with Gasteiger partial charge < -0.3 is 0 Å². The molecule has 1 aliphatic rings. The Hall–Kier alpha value is -1.18. The molecule has 0 spiro atoms. The van der Waals surface area contributed by atoms with E-state index >= 15 is 0 Å². The fraction of sp³-hybridized carbons (Fsp3) is 0.500. The molecule has 1 heterocycles. The van der Waals surface area contributed by atoms with Crippen LogP contribution in [0.4, 0.5) is 0 Å². The summed E-state index contributed by atoms with van der Waals surface area (Å²) in [5.74, 6) is 1.00. The van der Waals surface area contributed by atoms with Crippen molar-refractivity contribution < 1.29 is 4.79 Å². The number of hydrogen-bond donors (Lipinski definition) is 0. The fourth-order valence-corrected chi connectivity index (χ4v) is 2.09. The van der Waals surface area contributed by atoms with Crippen LogP contribution in [0.5, 0.6) is 0 Å². The molecule has 1 aromatic heterocycles. The van der Waals surface area contributed by atoms with E-state index in [1.165, 1.54) is 5.56 Å². The Balaban J connectivity index is 2.12. The van der Waals surface area contributed by atoms with Crippen LogP contribution in [-0.4, -0.2) is 10.8 Å². The van der Waals surface area contributed by atoms with Crippen LogP contribution in [-0.2, 0) is 4.79 Å². The van der Waals surface area contributed by atoms with Gasteiger partial charge >= 0.3 is 0 Å². The first-order valence-corrected chi connectivity index (χ1v) is 5.20. The number of pyridine rings is 1. The lowest BCUT2D eigenvalue weighted by Gasteiger charge is -2.21. The molecule has 1 fully saturated rings. The molecule has 0 radical (unpaired) electrons. The van der Waals surface area contributed by atoms with E-state index in [0.717, 1.165) is 31.4 Å². The molecule has 0 N–H and O–H groups in total. The van der Waals surface area contributed by atoms with E-state index < -0.39 is 0 Å². The van der Waals surface area contributed by atoms with Crippen LogP contribution in [0.15, 0.2) is 18.3 Å². The smallest absolute Gasteiger partial charge is 0.132 e. The third-order valence-electron chi connectivity index (χ3n) is 2.94. The number of hydrogen-bond acceptors (Lipinski definition) is 2. The predicted molar refractivity (Wildman–Crippen MR) is 55.2 cm³/mol. The number of aryl methyl sites for hydroxylation is 1. The summed E-state index contributed by atoms with van der Waals surface area (Å²) in [4.78, 5) is 15.3. The van der Waals surface area contributed by atoms with Gasteiger partial charge in [-0.15, -0.1) is 0 Å². The van der Waals surface area contributed by atoms with Crippen molar-refractivity contribution >= 4 is 5.78 Å². The summed E-state index contributed by atoms with van der Waals surface area (Å²) in [6.45, 7) is 2.01. The van der Waals surface area contributed by atoms with Crippen molar-refractivity contribution in [2.24, 2.45) is 0 Å². The molecule has 0 bridgehead atoms. The maximum absolute atomic E-state index is 11.1.